The number of esters is 1. The summed E-state index contributed by atoms with van der Waals surface area (Å²) < 4.78 is 18.8. The molecule has 7 nitrogen and oxygen atoms in total. The van der Waals surface area contributed by atoms with Gasteiger partial charge in [0, 0.05) is 5.56 Å². The minimum atomic E-state index is -0.439. The number of hydrogen-bond donors (Lipinski definition) is 0. The van der Waals surface area contributed by atoms with Crippen LogP contribution < -0.4 is 14.3 Å². The minimum absolute atomic E-state index is 0.0765. The number of thiazole rings is 1. The van der Waals surface area contributed by atoms with Crippen molar-refractivity contribution in [3.8, 4) is 11.5 Å². The zero-order valence-electron chi connectivity index (χ0n) is 17.9. The van der Waals surface area contributed by atoms with Gasteiger partial charge in [-0.2, -0.15) is 4.99 Å². The summed E-state index contributed by atoms with van der Waals surface area (Å²) in [7, 11) is 1.33. The van der Waals surface area contributed by atoms with Crippen molar-refractivity contribution in [1.29, 1.82) is 0 Å². The van der Waals surface area contributed by atoms with Crippen LogP contribution in [-0.4, -0.2) is 36.8 Å². The highest BCUT2D eigenvalue weighted by Gasteiger charge is 2.16. The van der Waals surface area contributed by atoms with Gasteiger partial charge >= 0.3 is 5.97 Å². The third-order valence-electron chi connectivity index (χ3n) is 4.52. The summed E-state index contributed by atoms with van der Waals surface area (Å²) >= 11 is 1.32. The lowest BCUT2D eigenvalue weighted by molar-refractivity contribution is -0.141. The molecule has 0 aliphatic rings. The summed E-state index contributed by atoms with van der Waals surface area (Å²) in [6, 6.07) is 12.6. The van der Waals surface area contributed by atoms with Crippen LogP contribution in [0.25, 0.3) is 10.2 Å². The van der Waals surface area contributed by atoms with E-state index in [9.17, 15) is 9.59 Å². The first-order valence-corrected chi connectivity index (χ1v) is 11.0. The van der Waals surface area contributed by atoms with Crippen molar-refractivity contribution in [3.63, 3.8) is 0 Å². The van der Waals surface area contributed by atoms with E-state index in [0.29, 0.717) is 40.6 Å². The van der Waals surface area contributed by atoms with Crippen LogP contribution in [0, 0.1) is 0 Å². The van der Waals surface area contributed by atoms with E-state index in [1.807, 2.05) is 31.2 Å². The Hall–Kier alpha value is -3.13. The lowest BCUT2D eigenvalue weighted by atomic mass is 10.2. The standard InChI is InChI=1S/C23H26N2O5S/c1-4-6-13-30-17-10-7-9-16(14-17)22(27)24-23-25(15-20(26)28-3)21-18(29-5-2)11-8-12-19(21)31-23/h7-12,14H,4-6,13,15H2,1-3H3. The van der Waals surface area contributed by atoms with Crippen LogP contribution in [0.4, 0.5) is 0 Å². The molecule has 0 aliphatic carbocycles. The SMILES string of the molecule is CCCCOc1cccc(C(=O)N=c2sc3cccc(OCC)c3n2CC(=O)OC)c1. The topological polar surface area (TPSA) is 79.1 Å². The highest BCUT2D eigenvalue weighted by Crippen LogP contribution is 2.28. The maximum absolute atomic E-state index is 12.9. The van der Waals surface area contributed by atoms with E-state index in [2.05, 4.69) is 11.9 Å². The average Bonchev–Trinajstić information content (AvgIpc) is 3.12. The third-order valence-corrected chi connectivity index (χ3v) is 5.57. The fraction of sp³-hybridized carbons (Fsp3) is 0.348. The fourth-order valence-corrected chi connectivity index (χ4v) is 4.05. The number of aromatic nitrogens is 1. The van der Waals surface area contributed by atoms with Gasteiger partial charge in [0.05, 0.1) is 25.0 Å². The smallest absolute Gasteiger partial charge is 0.325 e. The number of unbranched alkanes of at least 4 members (excludes halogenated alkanes) is 1. The maximum Gasteiger partial charge on any atom is 0.325 e. The van der Waals surface area contributed by atoms with Crippen molar-refractivity contribution in [2.45, 2.75) is 33.2 Å². The number of carbonyl (C=O) groups is 2. The van der Waals surface area contributed by atoms with Gasteiger partial charge in [-0.1, -0.05) is 36.8 Å². The molecular formula is C23H26N2O5S. The van der Waals surface area contributed by atoms with E-state index in [1.54, 1.807) is 22.8 Å². The molecule has 3 aromatic rings. The number of fused-ring (bicyclic) bond motifs is 1. The van der Waals surface area contributed by atoms with E-state index in [0.717, 1.165) is 17.5 Å². The van der Waals surface area contributed by atoms with Crippen LogP contribution in [-0.2, 0) is 16.1 Å². The summed E-state index contributed by atoms with van der Waals surface area (Å²) in [6.45, 7) is 4.98. The molecule has 0 radical (unpaired) electrons. The Bertz CT molecular complexity index is 1130. The number of benzene rings is 2. The van der Waals surface area contributed by atoms with Gasteiger partial charge in [0.1, 0.15) is 23.6 Å². The zero-order valence-corrected chi connectivity index (χ0v) is 18.7. The van der Waals surface area contributed by atoms with Crippen LogP contribution in [0.5, 0.6) is 11.5 Å². The van der Waals surface area contributed by atoms with Gasteiger partial charge < -0.3 is 18.8 Å². The molecule has 0 atom stereocenters. The number of ether oxygens (including phenoxy) is 3. The molecule has 0 aliphatic heterocycles. The van der Waals surface area contributed by atoms with Crippen molar-refractivity contribution in [2.24, 2.45) is 4.99 Å². The van der Waals surface area contributed by atoms with Crippen LogP contribution in [0.15, 0.2) is 47.5 Å². The Balaban J connectivity index is 2.03. The van der Waals surface area contributed by atoms with Gasteiger partial charge in [-0.05, 0) is 43.7 Å². The van der Waals surface area contributed by atoms with Crippen LogP contribution in [0.2, 0.25) is 0 Å². The molecule has 1 amide bonds. The van der Waals surface area contributed by atoms with Crippen LogP contribution in [0.1, 0.15) is 37.0 Å². The number of nitrogens with zero attached hydrogens (tertiary/aromatic N) is 2. The number of carbonyl (C=O) groups excluding carboxylic acids is 2. The highest BCUT2D eigenvalue weighted by atomic mass is 32.1. The molecule has 0 unspecified atom stereocenters. The zero-order chi connectivity index (χ0) is 22.2. The Morgan fingerprint density at radius 1 is 1.10 bits per heavy atom. The second kappa shape index (κ2) is 10.8. The first-order valence-electron chi connectivity index (χ1n) is 10.2. The summed E-state index contributed by atoms with van der Waals surface area (Å²) in [5, 5.41) is 0. The average molecular weight is 443 g/mol. The number of methoxy groups -OCH3 is 1. The molecule has 164 valence electrons. The number of amides is 1. The normalized spacial score (nSPS) is 11.5. The molecule has 0 fully saturated rings. The lowest BCUT2D eigenvalue weighted by Gasteiger charge is -2.09. The second-order valence-corrected chi connectivity index (χ2v) is 7.74. The van der Waals surface area contributed by atoms with Gasteiger partial charge in [-0.3, -0.25) is 9.59 Å². The number of hydrogen-bond acceptors (Lipinski definition) is 6. The highest BCUT2D eigenvalue weighted by molar-refractivity contribution is 7.16. The molecule has 31 heavy (non-hydrogen) atoms. The predicted molar refractivity (Wildman–Crippen MR) is 120 cm³/mol. The molecule has 0 N–H and O–H groups in total. The fourth-order valence-electron chi connectivity index (χ4n) is 3.00. The molecule has 0 saturated heterocycles. The summed E-state index contributed by atoms with van der Waals surface area (Å²) in [6.07, 6.45) is 1.98. The van der Waals surface area contributed by atoms with Gasteiger partial charge in [-0.15, -0.1) is 0 Å². The predicted octanol–water partition coefficient (Wildman–Crippen LogP) is 4.19. The Morgan fingerprint density at radius 2 is 1.90 bits per heavy atom. The lowest BCUT2D eigenvalue weighted by Crippen LogP contribution is -2.22. The van der Waals surface area contributed by atoms with Gasteiger partial charge in [0.25, 0.3) is 5.91 Å². The largest absolute Gasteiger partial charge is 0.494 e. The summed E-state index contributed by atoms with van der Waals surface area (Å²) in [5.74, 6) is 0.405. The molecule has 3 rings (SSSR count). The van der Waals surface area contributed by atoms with Crippen molar-refractivity contribution < 1.29 is 23.8 Å². The quantitative estimate of drug-likeness (QED) is 0.367. The number of rotatable bonds is 9. The van der Waals surface area contributed by atoms with Crippen LogP contribution in [0.3, 0.4) is 0 Å². The molecule has 8 heteroatoms. The van der Waals surface area contributed by atoms with Crippen molar-refractivity contribution in [1.82, 2.24) is 4.57 Å². The van der Waals surface area contributed by atoms with Crippen molar-refractivity contribution >= 4 is 33.4 Å². The molecule has 2 aromatic carbocycles. The third kappa shape index (κ3) is 5.52. The number of para-hydroxylation sites is 1. The maximum atomic E-state index is 12.9. The van der Waals surface area contributed by atoms with Gasteiger partial charge in [0.15, 0.2) is 4.80 Å². The Morgan fingerprint density at radius 3 is 2.65 bits per heavy atom. The van der Waals surface area contributed by atoms with E-state index in [1.165, 1.54) is 18.4 Å². The molecular weight excluding hydrogens is 416 g/mol. The molecule has 1 aromatic heterocycles. The van der Waals surface area contributed by atoms with Gasteiger partial charge in [-0.25, -0.2) is 0 Å². The monoisotopic (exact) mass is 442 g/mol. The molecule has 0 saturated carbocycles. The van der Waals surface area contributed by atoms with E-state index >= 15 is 0 Å². The minimum Gasteiger partial charge on any atom is -0.494 e. The summed E-state index contributed by atoms with van der Waals surface area (Å²) in [4.78, 5) is 29.7. The van der Waals surface area contributed by atoms with E-state index in [4.69, 9.17) is 14.2 Å². The Kier molecular flexibility index (Phi) is 7.83. The molecule has 1 heterocycles. The summed E-state index contributed by atoms with van der Waals surface area (Å²) in [5.41, 5.74) is 1.13. The van der Waals surface area contributed by atoms with Crippen molar-refractivity contribution in [2.75, 3.05) is 20.3 Å². The molecule has 0 bridgehead atoms. The first-order chi connectivity index (χ1) is 15.1. The van der Waals surface area contributed by atoms with Gasteiger partial charge in [0.2, 0.25) is 0 Å². The van der Waals surface area contributed by atoms with Crippen LogP contribution >= 0.6 is 11.3 Å². The first kappa shape index (κ1) is 22.6. The second-order valence-electron chi connectivity index (χ2n) is 6.73. The van der Waals surface area contributed by atoms with Crippen molar-refractivity contribution in [3.05, 3.63) is 52.8 Å². The van der Waals surface area contributed by atoms with E-state index < -0.39 is 11.9 Å². The molecule has 0 spiro atoms. The van der Waals surface area contributed by atoms with E-state index in [-0.39, 0.29) is 6.54 Å². The Labute approximate surface area is 184 Å².